The van der Waals surface area contributed by atoms with Crippen molar-refractivity contribution in [2.75, 3.05) is 0 Å². The zero-order valence-corrected chi connectivity index (χ0v) is 16.4. The lowest BCUT2D eigenvalue weighted by molar-refractivity contribution is -0.146. The average Bonchev–Trinajstić information content (AvgIpc) is 2.95. The molecule has 1 heterocycles. The highest BCUT2D eigenvalue weighted by atomic mass is 32.1. The molecule has 1 aromatic heterocycles. The van der Waals surface area contributed by atoms with E-state index in [9.17, 15) is 15.3 Å². The Morgan fingerprint density at radius 2 is 2.04 bits per heavy atom. The molecule has 2 aromatic rings. The number of aliphatic hydroxyl groups excluding tert-OH is 1. The Morgan fingerprint density at radius 1 is 1.27 bits per heavy atom. The molecule has 1 saturated carbocycles. The standard InChI is InChI=1S/C21H27NO3S/c1-4-20-11-18(24)21(25,19-22-12(2)13(3)26-19)10-15(20)6-5-14-9-16(23)7-8-17(14)20/h7-9,15,18,23-25H,4-6,10-11H2,1-3H3/t15-,18+,20-,21+/m1/s1. The van der Waals surface area contributed by atoms with E-state index in [0.29, 0.717) is 29.5 Å². The van der Waals surface area contributed by atoms with Crippen LogP contribution in [0.2, 0.25) is 0 Å². The Kier molecular flexibility index (Phi) is 4.17. The van der Waals surface area contributed by atoms with Gasteiger partial charge in [-0.2, -0.15) is 0 Å². The van der Waals surface area contributed by atoms with Gasteiger partial charge in [0.15, 0.2) is 0 Å². The first-order chi connectivity index (χ1) is 12.3. The van der Waals surface area contributed by atoms with Crippen LogP contribution in [0, 0.1) is 19.8 Å². The van der Waals surface area contributed by atoms with Crippen molar-refractivity contribution < 1.29 is 15.3 Å². The van der Waals surface area contributed by atoms with E-state index in [-0.39, 0.29) is 5.41 Å². The summed E-state index contributed by atoms with van der Waals surface area (Å²) in [7, 11) is 0. The molecule has 4 rings (SSSR count). The van der Waals surface area contributed by atoms with Crippen molar-refractivity contribution in [1.29, 1.82) is 0 Å². The minimum Gasteiger partial charge on any atom is -0.508 e. The van der Waals surface area contributed by atoms with Gasteiger partial charge in [0.05, 0.1) is 11.8 Å². The first-order valence-corrected chi connectivity index (χ1v) is 10.3. The molecule has 4 atom stereocenters. The number of aryl methyl sites for hydroxylation is 3. The fourth-order valence-corrected chi connectivity index (χ4v) is 6.27. The number of hydrogen-bond acceptors (Lipinski definition) is 5. The topological polar surface area (TPSA) is 73.6 Å². The largest absolute Gasteiger partial charge is 0.508 e. The van der Waals surface area contributed by atoms with Crippen molar-refractivity contribution in [2.45, 2.75) is 70.0 Å². The second-order valence-electron chi connectivity index (χ2n) is 8.10. The summed E-state index contributed by atoms with van der Waals surface area (Å²) in [5, 5.41) is 33.0. The van der Waals surface area contributed by atoms with Gasteiger partial charge in [-0.25, -0.2) is 4.98 Å². The number of hydrogen-bond donors (Lipinski definition) is 3. The maximum atomic E-state index is 11.4. The number of aliphatic hydroxyl groups is 2. The molecule has 2 aliphatic rings. The molecular weight excluding hydrogens is 346 g/mol. The summed E-state index contributed by atoms with van der Waals surface area (Å²) in [4.78, 5) is 5.67. The van der Waals surface area contributed by atoms with Crippen molar-refractivity contribution in [3.8, 4) is 5.75 Å². The number of benzene rings is 1. The van der Waals surface area contributed by atoms with Gasteiger partial charge in [0, 0.05) is 10.3 Å². The fourth-order valence-electron chi connectivity index (χ4n) is 5.21. The highest BCUT2D eigenvalue weighted by molar-refractivity contribution is 7.11. The normalized spacial score (nSPS) is 33.6. The molecule has 0 aliphatic heterocycles. The van der Waals surface area contributed by atoms with Gasteiger partial charge in [-0.3, -0.25) is 0 Å². The van der Waals surface area contributed by atoms with Crippen LogP contribution >= 0.6 is 11.3 Å². The number of aromatic nitrogens is 1. The van der Waals surface area contributed by atoms with Crippen LogP contribution < -0.4 is 0 Å². The number of aromatic hydroxyl groups is 1. The monoisotopic (exact) mass is 373 g/mol. The van der Waals surface area contributed by atoms with Crippen molar-refractivity contribution in [3.05, 3.63) is 44.9 Å². The third-order valence-electron chi connectivity index (χ3n) is 6.87. The predicted octanol–water partition coefficient (Wildman–Crippen LogP) is 3.72. The van der Waals surface area contributed by atoms with Crippen LogP contribution in [0.1, 0.15) is 59.3 Å². The smallest absolute Gasteiger partial charge is 0.142 e. The Morgan fingerprint density at radius 3 is 2.69 bits per heavy atom. The minimum absolute atomic E-state index is 0.145. The zero-order valence-electron chi connectivity index (χ0n) is 15.6. The highest BCUT2D eigenvalue weighted by Crippen LogP contribution is 2.57. The van der Waals surface area contributed by atoms with Crippen LogP contribution in [0.15, 0.2) is 18.2 Å². The molecule has 0 bridgehead atoms. The third kappa shape index (κ3) is 2.44. The second-order valence-corrected chi connectivity index (χ2v) is 9.30. The van der Waals surface area contributed by atoms with Gasteiger partial charge in [-0.15, -0.1) is 11.3 Å². The number of rotatable bonds is 2. The lowest BCUT2D eigenvalue weighted by Gasteiger charge is -2.54. The van der Waals surface area contributed by atoms with Crippen LogP contribution in [-0.2, 0) is 17.4 Å². The summed E-state index contributed by atoms with van der Waals surface area (Å²) in [5.41, 5.74) is 1.95. The molecule has 0 unspecified atom stereocenters. The molecule has 4 nitrogen and oxygen atoms in total. The average molecular weight is 374 g/mol. The molecule has 2 aliphatic carbocycles. The molecule has 3 N–H and O–H groups in total. The van der Waals surface area contributed by atoms with Gasteiger partial charge in [-0.05, 0) is 75.1 Å². The molecular formula is C21H27NO3S. The molecule has 1 aromatic carbocycles. The van der Waals surface area contributed by atoms with E-state index in [0.717, 1.165) is 29.8 Å². The van der Waals surface area contributed by atoms with Crippen molar-refractivity contribution in [1.82, 2.24) is 4.98 Å². The summed E-state index contributed by atoms with van der Waals surface area (Å²) < 4.78 is 0. The highest BCUT2D eigenvalue weighted by Gasteiger charge is 2.56. The van der Waals surface area contributed by atoms with E-state index in [2.05, 4.69) is 11.9 Å². The fraction of sp³-hybridized carbons (Fsp3) is 0.571. The molecule has 140 valence electrons. The predicted molar refractivity (Wildman–Crippen MR) is 103 cm³/mol. The molecule has 0 amide bonds. The first kappa shape index (κ1) is 18.0. The number of phenolic OH excluding ortho intramolecular Hbond substituents is 1. The van der Waals surface area contributed by atoms with Crippen molar-refractivity contribution in [3.63, 3.8) is 0 Å². The van der Waals surface area contributed by atoms with Crippen LogP contribution in [0.25, 0.3) is 0 Å². The first-order valence-electron chi connectivity index (χ1n) is 9.47. The minimum atomic E-state index is -1.26. The Bertz CT molecular complexity index is 828. The maximum Gasteiger partial charge on any atom is 0.142 e. The van der Waals surface area contributed by atoms with Gasteiger partial charge >= 0.3 is 0 Å². The molecule has 0 radical (unpaired) electrons. The molecule has 1 fully saturated rings. The van der Waals surface area contributed by atoms with Gasteiger partial charge in [-0.1, -0.05) is 13.0 Å². The van der Waals surface area contributed by atoms with E-state index < -0.39 is 11.7 Å². The number of fused-ring (bicyclic) bond motifs is 3. The third-order valence-corrected chi connectivity index (χ3v) is 8.10. The van der Waals surface area contributed by atoms with Gasteiger partial charge in [0.25, 0.3) is 0 Å². The van der Waals surface area contributed by atoms with E-state index in [1.165, 1.54) is 22.5 Å². The van der Waals surface area contributed by atoms with E-state index in [4.69, 9.17) is 0 Å². The van der Waals surface area contributed by atoms with E-state index >= 15 is 0 Å². The Labute approximate surface area is 158 Å². The maximum absolute atomic E-state index is 11.4. The molecule has 5 heteroatoms. The van der Waals surface area contributed by atoms with Crippen LogP contribution in [0.5, 0.6) is 5.75 Å². The van der Waals surface area contributed by atoms with Gasteiger partial charge in [0.2, 0.25) is 0 Å². The van der Waals surface area contributed by atoms with Crippen LogP contribution in [-0.4, -0.2) is 26.4 Å². The van der Waals surface area contributed by atoms with Crippen LogP contribution in [0.4, 0.5) is 0 Å². The van der Waals surface area contributed by atoms with Crippen LogP contribution in [0.3, 0.4) is 0 Å². The zero-order chi connectivity index (χ0) is 18.7. The summed E-state index contributed by atoms with van der Waals surface area (Å²) in [6, 6.07) is 5.64. The van der Waals surface area contributed by atoms with Gasteiger partial charge in [0.1, 0.15) is 16.4 Å². The lowest BCUT2D eigenvalue weighted by Crippen LogP contribution is -2.56. The number of nitrogens with zero attached hydrogens (tertiary/aromatic N) is 1. The quantitative estimate of drug-likeness (QED) is 0.750. The van der Waals surface area contributed by atoms with E-state index in [1.807, 2.05) is 26.0 Å². The molecule has 26 heavy (non-hydrogen) atoms. The Balaban J connectivity index is 1.77. The molecule has 0 spiro atoms. The van der Waals surface area contributed by atoms with E-state index in [1.54, 1.807) is 6.07 Å². The number of thiazole rings is 1. The second kappa shape index (κ2) is 6.04. The summed E-state index contributed by atoms with van der Waals surface area (Å²) in [5.74, 6) is 0.595. The Hall–Kier alpha value is -1.43. The van der Waals surface area contributed by atoms with Gasteiger partial charge < -0.3 is 15.3 Å². The SMILES string of the molecule is CC[C@@]12C[C@H](O)[C@](O)(c3nc(C)c(C)s3)C[C@H]1CCc1cc(O)ccc12. The van der Waals surface area contributed by atoms with Crippen molar-refractivity contribution >= 4 is 11.3 Å². The summed E-state index contributed by atoms with van der Waals surface area (Å²) >= 11 is 1.50. The number of phenols is 1. The van der Waals surface area contributed by atoms with Crippen molar-refractivity contribution in [2.24, 2.45) is 5.92 Å². The molecule has 0 saturated heterocycles. The lowest BCUT2D eigenvalue weighted by atomic mass is 9.52. The summed E-state index contributed by atoms with van der Waals surface area (Å²) in [6.45, 7) is 6.13. The summed E-state index contributed by atoms with van der Waals surface area (Å²) in [6.07, 6.45) is 3.00.